The Hall–Kier alpha value is -3.43. The Bertz CT molecular complexity index is 1030. The van der Waals surface area contributed by atoms with Gasteiger partial charge in [-0.1, -0.05) is 29.8 Å². The molecule has 1 aromatic heterocycles. The van der Waals surface area contributed by atoms with Crippen molar-refractivity contribution in [1.29, 1.82) is 5.26 Å². The molecule has 2 aromatic carbocycles. The Morgan fingerprint density at radius 3 is 2.74 bits per heavy atom. The number of nitrogens with zero attached hydrogens (tertiary/aromatic N) is 2. The third kappa shape index (κ3) is 4.60. The zero-order valence-corrected chi connectivity index (χ0v) is 15.7. The Kier molecular flexibility index (Phi) is 5.64. The summed E-state index contributed by atoms with van der Waals surface area (Å²) in [5.74, 6) is 0.285. The number of methoxy groups -OCH3 is 1. The molecule has 0 spiro atoms. The molecule has 0 saturated heterocycles. The van der Waals surface area contributed by atoms with Gasteiger partial charge < -0.3 is 10.1 Å². The van der Waals surface area contributed by atoms with E-state index in [4.69, 9.17) is 4.74 Å². The number of aryl methyl sites for hydroxylation is 1. The van der Waals surface area contributed by atoms with Gasteiger partial charge in [0.1, 0.15) is 22.4 Å². The monoisotopic (exact) mass is 375 g/mol. The predicted octanol–water partition coefficient (Wildman–Crippen LogP) is 4.67. The molecule has 0 atom stereocenters. The molecule has 0 unspecified atom stereocenters. The van der Waals surface area contributed by atoms with Crippen molar-refractivity contribution in [2.45, 2.75) is 6.92 Å². The van der Waals surface area contributed by atoms with Gasteiger partial charge >= 0.3 is 0 Å². The number of carbonyl (C=O) groups excluding carboxylic acids is 1. The van der Waals surface area contributed by atoms with Crippen molar-refractivity contribution in [2.75, 3.05) is 12.4 Å². The molecule has 0 fully saturated rings. The molecule has 1 heterocycles. The highest BCUT2D eigenvalue weighted by Crippen LogP contribution is 2.27. The van der Waals surface area contributed by atoms with Crippen LogP contribution >= 0.6 is 11.3 Å². The molecule has 5 nitrogen and oxygen atoms in total. The number of nitrogens with one attached hydrogen (secondary N) is 1. The van der Waals surface area contributed by atoms with Crippen LogP contribution in [0, 0.1) is 18.3 Å². The van der Waals surface area contributed by atoms with E-state index in [2.05, 4.69) is 10.3 Å². The molecule has 0 saturated carbocycles. The van der Waals surface area contributed by atoms with E-state index in [0.717, 1.165) is 21.9 Å². The van der Waals surface area contributed by atoms with Crippen molar-refractivity contribution in [3.8, 4) is 22.4 Å². The number of aromatic nitrogens is 1. The number of nitriles is 1. The van der Waals surface area contributed by atoms with Crippen molar-refractivity contribution in [3.05, 3.63) is 70.7 Å². The highest BCUT2D eigenvalue weighted by atomic mass is 32.1. The summed E-state index contributed by atoms with van der Waals surface area (Å²) in [7, 11) is 1.61. The molecule has 3 aromatic rings. The fourth-order valence-electron chi connectivity index (χ4n) is 2.37. The first-order valence-corrected chi connectivity index (χ1v) is 9.07. The average Bonchev–Trinajstić information content (AvgIpc) is 3.16. The van der Waals surface area contributed by atoms with Crippen LogP contribution < -0.4 is 10.1 Å². The van der Waals surface area contributed by atoms with Gasteiger partial charge in [-0.3, -0.25) is 4.79 Å². The van der Waals surface area contributed by atoms with Gasteiger partial charge in [0.05, 0.1) is 12.8 Å². The van der Waals surface area contributed by atoms with E-state index in [-0.39, 0.29) is 5.57 Å². The Balaban J connectivity index is 1.79. The second-order valence-electron chi connectivity index (χ2n) is 5.80. The zero-order valence-electron chi connectivity index (χ0n) is 14.9. The van der Waals surface area contributed by atoms with Gasteiger partial charge in [0.25, 0.3) is 5.91 Å². The number of hydrogen-bond donors (Lipinski definition) is 1. The lowest BCUT2D eigenvalue weighted by Gasteiger charge is -2.04. The highest BCUT2D eigenvalue weighted by Gasteiger charge is 2.11. The summed E-state index contributed by atoms with van der Waals surface area (Å²) in [6.45, 7) is 1.97. The van der Waals surface area contributed by atoms with Gasteiger partial charge in [-0.2, -0.15) is 5.26 Å². The van der Waals surface area contributed by atoms with Gasteiger partial charge in [-0.05, 0) is 37.3 Å². The first-order valence-electron chi connectivity index (χ1n) is 8.19. The molecule has 27 heavy (non-hydrogen) atoms. The number of rotatable bonds is 5. The summed E-state index contributed by atoms with van der Waals surface area (Å²) in [4.78, 5) is 16.9. The smallest absolute Gasteiger partial charge is 0.266 e. The van der Waals surface area contributed by atoms with Crippen LogP contribution in [0.15, 0.2) is 59.5 Å². The molecular formula is C21H17N3O2S. The Labute approximate surface area is 161 Å². The van der Waals surface area contributed by atoms with Crippen molar-refractivity contribution in [3.63, 3.8) is 0 Å². The average molecular weight is 375 g/mol. The number of carbonyl (C=O) groups is 1. The molecule has 1 amide bonds. The maximum absolute atomic E-state index is 12.4. The SMILES string of the molecule is COc1cccc(-c2nc(/C=C(/C#N)C(=O)Nc3ccc(C)cc3)cs2)c1. The zero-order chi connectivity index (χ0) is 19.2. The molecule has 0 aliphatic rings. The minimum Gasteiger partial charge on any atom is -0.497 e. The van der Waals surface area contributed by atoms with Gasteiger partial charge in [0, 0.05) is 16.6 Å². The third-order valence-electron chi connectivity index (χ3n) is 3.81. The maximum Gasteiger partial charge on any atom is 0.266 e. The molecule has 0 radical (unpaired) electrons. The maximum atomic E-state index is 12.4. The second kappa shape index (κ2) is 8.30. The van der Waals surface area contributed by atoms with E-state index in [1.165, 1.54) is 17.4 Å². The fraction of sp³-hybridized carbons (Fsp3) is 0.0952. The highest BCUT2D eigenvalue weighted by molar-refractivity contribution is 7.13. The van der Waals surface area contributed by atoms with Gasteiger partial charge in [-0.15, -0.1) is 11.3 Å². The number of thiazole rings is 1. The quantitative estimate of drug-likeness (QED) is 0.519. The summed E-state index contributed by atoms with van der Waals surface area (Å²) in [6, 6.07) is 16.9. The summed E-state index contributed by atoms with van der Waals surface area (Å²) < 4.78 is 5.23. The minimum absolute atomic E-state index is 0.00179. The lowest BCUT2D eigenvalue weighted by Crippen LogP contribution is -2.13. The van der Waals surface area contributed by atoms with E-state index in [0.29, 0.717) is 11.4 Å². The first-order chi connectivity index (χ1) is 13.1. The molecule has 6 heteroatoms. The third-order valence-corrected chi connectivity index (χ3v) is 4.71. The van der Waals surface area contributed by atoms with Gasteiger partial charge in [0.15, 0.2) is 0 Å². The molecule has 0 aliphatic carbocycles. The number of hydrogen-bond acceptors (Lipinski definition) is 5. The lowest BCUT2D eigenvalue weighted by molar-refractivity contribution is -0.112. The Morgan fingerprint density at radius 2 is 2.04 bits per heavy atom. The van der Waals surface area contributed by atoms with Crippen LogP contribution in [0.1, 0.15) is 11.3 Å². The van der Waals surface area contributed by atoms with Gasteiger partial charge in [-0.25, -0.2) is 4.98 Å². The molecule has 134 valence electrons. The summed E-state index contributed by atoms with van der Waals surface area (Å²) in [5.41, 5.74) is 3.21. The molecular weight excluding hydrogens is 358 g/mol. The first kappa shape index (κ1) is 18.4. The van der Waals surface area contributed by atoms with E-state index in [1.54, 1.807) is 19.2 Å². The van der Waals surface area contributed by atoms with E-state index >= 15 is 0 Å². The predicted molar refractivity (Wildman–Crippen MR) is 108 cm³/mol. The minimum atomic E-state index is -0.461. The lowest BCUT2D eigenvalue weighted by atomic mass is 10.2. The van der Waals surface area contributed by atoms with Crippen molar-refractivity contribution in [1.82, 2.24) is 4.98 Å². The van der Waals surface area contributed by atoms with E-state index < -0.39 is 5.91 Å². The van der Waals surface area contributed by atoms with Gasteiger partial charge in [0.2, 0.25) is 0 Å². The summed E-state index contributed by atoms with van der Waals surface area (Å²) in [6.07, 6.45) is 1.49. The van der Waals surface area contributed by atoms with E-state index in [1.807, 2.05) is 54.8 Å². The summed E-state index contributed by atoms with van der Waals surface area (Å²) in [5, 5.41) is 14.7. The second-order valence-corrected chi connectivity index (χ2v) is 6.66. The number of amides is 1. The fourth-order valence-corrected chi connectivity index (χ4v) is 3.15. The van der Waals surface area contributed by atoms with Crippen LogP contribution in [0.4, 0.5) is 5.69 Å². The van der Waals surface area contributed by atoms with E-state index in [9.17, 15) is 10.1 Å². The van der Waals surface area contributed by atoms with Crippen LogP contribution in [0.5, 0.6) is 5.75 Å². The summed E-state index contributed by atoms with van der Waals surface area (Å²) >= 11 is 1.44. The van der Waals surface area contributed by atoms with Crippen LogP contribution in [0.3, 0.4) is 0 Å². The number of anilines is 1. The van der Waals surface area contributed by atoms with Crippen molar-refractivity contribution in [2.24, 2.45) is 0 Å². The normalized spacial score (nSPS) is 10.9. The van der Waals surface area contributed by atoms with Crippen LogP contribution in [0.25, 0.3) is 16.6 Å². The topological polar surface area (TPSA) is 75.0 Å². The molecule has 3 rings (SSSR count). The molecule has 0 bridgehead atoms. The van der Waals surface area contributed by atoms with Crippen LogP contribution in [-0.2, 0) is 4.79 Å². The van der Waals surface area contributed by atoms with Crippen molar-refractivity contribution < 1.29 is 9.53 Å². The van der Waals surface area contributed by atoms with Crippen LogP contribution in [0.2, 0.25) is 0 Å². The van der Waals surface area contributed by atoms with Crippen molar-refractivity contribution >= 4 is 29.0 Å². The standard InChI is InChI=1S/C21H17N3O2S/c1-14-6-8-17(9-7-14)23-20(25)16(12-22)10-18-13-27-21(24-18)15-4-3-5-19(11-15)26-2/h3-11,13H,1-2H3,(H,23,25)/b16-10-. The number of ether oxygens (including phenoxy) is 1. The molecule has 0 aliphatic heterocycles. The number of benzene rings is 2. The molecule has 1 N–H and O–H groups in total. The van der Waals surface area contributed by atoms with Crippen LogP contribution in [-0.4, -0.2) is 18.0 Å². The largest absolute Gasteiger partial charge is 0.497 e. The Morgan fingerprint density at radius 1 is 1.26 bits per heavy atom.